The van der Waals surface area contributed by atoms with Gasteiger partial charge in [-0.1, -0.05) is 51.1 Å². The van der Waals surface area contributed by atoms with Gasteiger partial charge in [-0.05, 0) is 17.0 Å². The van der Waals surface area contributed by atoms with Gasteiger partial charge in [0.25, 0.3) is 0 Å². The van der Waals surface area contributed by atoms with E-state index in [4.69, 9.17) is 0 Å². The van der Waals surface area contributed by atoms with Crippen LogP contribution in [0.4, 0.5) is 4.39 Å². The van der Waals surface area contributed by atoms with Gasteiger partial charge >= 0.3 is 0 Å². The number of aromatic nitrogens is 1. The Morgan fingerprint density at radius 2 is 1.71 bits per heavy atom. The highest BCUT2D eigenvalue weighted by molar-refractivity contribution is 5.59. The minimum atomic E-state index is -0.261. The maximum atomic E-state index is 14.0. The van der Waals surface area contributed by atoms with E-state index in [-0.39, 0.29) is 11.2 Å². The number of hydrogen-bond donors (Lipinski definition) is 0. The predicted octanol–water partition coefficient (Wildman–Crippen LogP) is 4.19. The molecule has 0 aliphatic rings. The molecule has 2 rings (SSSR count). The highest BCUT2D eigenvalue weighted by Gasteiger charge is 2.16. The van der Waals surface area contributed by atoms with Crippen LogP contribution in [0.15, 0.2) is 42.6 Å². The summed E-state index contributed by atoms with van der Waals surface area (Å²) < 4.78 is 14.0. The van der Waals surface area contributed by atoms with E-state index >= 15 is 0 Å². The molecule has 0 saturated carbocycles. The van der Waals surface area contributed by atoms with Gasteiger partial charge in [0.1, 0.15) is 11.5 Å². The van der Waals surface area contributed by atoms with Gasteiger partial charge in [0.15, 0.2) is 0 Å². The molecular formula is C15H16FN. The molecule has 0 spiro atoms. The van der Waals surface area contributed by atoms with Gasteiger partial charge in [0.2, 0.25) is 0 Å². The lowest BCUT2D eigenvalue weighted by molar-refractivity contribution is 0.568. The van der Waals surface area contributed by atoms with Crippen molar-refractivity contribution in [1.82, 2.24) is 4.98 Å². The molecule has 1 heterocycles. The van der Waals surface area contributed by atoms with E-state index in [1.807, 2.05) is 51.1 Å². The molecule has 0 saturated heterocycles. The first-order valence-electron chi connectivity index (χ1n) is 5.70. The quantitative estimate of drug-likeness (QED) is 0.714. The Labute approximate surface area is 101 Å². The van der Waals surface area contributed by atoms with E-state index in [0.29, 0.717) is 5.69 Å². The second-order valence-corrected chi connectivity index (χ2v) is 5.17. The first-order valence-corrected chi connectivity index (χ1v) is 5.70. The van der Waals surface area contributed by atoms with Crippen molar-refractivity contribution in [3.8, 4) is 11.3 Å². The number of benzene rings is 1. The standard InChI is InChI=1S/C15H16FN/c1-15(2,3)12-9-13(16)14(17-10-12)11-7-5-4-6-8-11/h4-10H,1-3H3. The summed E-state index contributed by atoms with van der Waals surface area (Å²) in [5.74, 6) is -0.261. The molecule has 0 atom stereocenters. The Kier molecular flexibility index (Phi) is 2.97. The topological polar surface area (TPSA) is 12.9 Å². The number of rotatable bonds is 1. The second-order valence-electron chi connectivity index (χ2n) is 5.17. The maximum Gasteiger partial charge on any atom is 0.149 e. The number of halogens is 1. The van der Waals surface area contributed by atoms with Crippen molar-refractivity contribution in [3.63, 3.8) is 0 Å². The van der Waals surface area contributed by atoms with Crippen molar-refractivity contribution in [2.45, 2.75) is 26.2 Å². The SMILES string of the molecule is CC(C)(C)c1cnc(-c2ccccc2)c(F)c1. The number of pyridine rings is 1. The number of nitrogens with zero attached hydrogens (tertiary/aromatic N) is 1. The average molecular weight is 229 g/mol. The normalized spacial score (nSPS) is 11.5. The molecular weight excluding hydrogens is 213 g/mol. The third kappa shape index (κ3) is 2.52. The number of hydrogen-bond acceptors (Lipinski definition) is 1. The van der Waals surface area contributed by atoms with Crippen LogP contribution in [0.1, 0.15) is 26.3 Å². The van der Waals surface area contributed by atoms with E-state index in [0.717, 1.165) is 11.1 Å². The molecule has 0 unspecified atom stereocenters. The van der Waals surface area contributed by atoms with E-state index < -0.39 is 0 Å². The van der Waals surface area contributed by atoms with Crippen LogP contribution < -0.4 is 0 Å². The fourth-order valence-electron chi connectivity index (χ4n) is 1.66. The summed E-state index contributed by atoms with van der Waals surface area (Å²) in [6.45, 7) is 6.14. The van der Waals surface area contributed by atoms with Crippen LogP contribution in [0, 0.1) is 5.82 Å². The van der Waals surface area contributed by atoms with Gasteiger partial charge < -0.3 is 0 Å². The minimum absolute atomic E-state index is 0.0803. The Hall–Kier alpha value is -1.70. The summed E-state index contributed by atoms with van der Waals surface area (Å²) in [7, 11) is 0. The fourth-order valence-corrected chi connectivity index (χ4v) is 1.66. The molecule has 2 heteroatoms. The summed E-state index contributed by atoms with van der Waals surface area (Å²) in [5, 5.41) is 0. The van der Waals surface area contributed by atoms with E-state index in [2.05, 4.69) is 4.98 Å². The Morgan fingerprint density at radius 1 is 1.06 bits per heavy atom. The van der Waals surface area contributed by atoms with Gasteiger partial charge in [-0.15, -0.1) is 0 Å². The van der Waals surface area contributed by atoms with Gasteiger partial charge in [0.05, 0.1) is 0 Å². The zero-order chi connectivity index (χ0) is 12.5. The second kappa shape index (κ2) is 4.28. The molecule has 1 nitrogen and oxygen atoms in total. The van der Waals surface area contributed by atoms with Gasteiger partial charge in [-0.3, -0.25) is 4.98 Å². The summed E-state index contributed by atoms with van der Waals surface area (Å²) in [5.41, 5.74) is 2.06. The van der Waals surface area contributed by atoms with Crippen LogP contribution in [0.25, 0.3) is 11.3 Å². The average Bonchev–Trinajstić information content (AvgIpc) is 2.29. The van der Waals surface area contributed by atoms with Crippen molar-refractivity contribution in [3.05, 3.63) is 54.0 Å². The van der Waals surface area contributed by atoms with Gasteiger partial charge in [-0.25, -0.2) is 4.39 Å². The van der Waals surface area contributed by atoms with Crippen LogP contribution in [0.3, 0.4) is 0 Å². The minimum Gasteiger partial charge on any atom is -0.253 e. The molecule has 17 heavy (non-hydrogen) atoms. The van der Waals surface area contributed by atoms with Crippen molar-refractivity contribution < 1.29 is 4.39 Å². The molecule has 2 aromatic rings. The zero-order valence-corrected chi connectivity index (χ0v) is 10.4. The molecule has 0 radical (unpaired) electrons. The predicted molar refractivity (Wildman–Crippen MR) is 68.3 cm³/mol. The van der Waals surface area contributed by atoms with Crippen molar-refractivity contribution >= 4 is 0 Å². The Balaban J connectivity index is 2.46. The van der Waals surface area contributed by atoms with Gasteiger partial charge in [-0.2, -0.15) is 0 Å². The first kappa shape index (κ1) is 11.8. The summed E-state index contributed by atoms with van der Waals surface area (Å²) in [6.07, 6.45) is 1.76. The lowest BCUT2D eigenvalue weighted by atomic mass is 9.88. The van der Waals surface area contributed by atoms with E-state index in [1.54, 1.807) is 12.3 Å². The van der Waals surface area contributed by atoms with Crippen LogP contribution in [-0.2, 0) is 5.41 Å². The molecule has 0 aliphatic heterocycles. The molecule has 1 aromatic carbocycles. The van der Waals surface area contributed by atoms with Crippen LogP contribution in [-0.4, -0.2) is 4.98 Å². The van der Waals surface area contributed by atoms with Crippen molar-refractivity contribution in [1.29, 1.82) is 0 Å². The molecule has 0 aliphatic carbocycles. The van der Waals surface area contributed by atoms with Gasteiger partial charge in [0, 0.05) is 11.8 Å². The fraction of sp³-hybridized carbons (Fsp3) is 0.267. The van der Waals surface area contributed by atoms with Crippen LogP contribution in [0.2, 0.25) is 0 Å². The third-order valence-corrected chi connectivity index (χ3v) is 2.75. The molecule has 1 aromatic heterocycles. The van der Waals surface area contributed by atoms with Crippen LogP contribution in [0.5, 0.6) is 0 Å². The van der Waals surface area contributed by atoms with E-state index in [9.17, 15) is 4.39 Å². The Bertz CT molecular complexity index is 512. The monoisotopic (exact) mass is 229 g/mol. The summed E-state index contributed by atoms with van der Waals surface area (Å²) >= 11 is 0. The first-order chi connectivity index (χ1) is 7.98. The van der Waals surface area contributed by atoms with E-state index in [1.165, 1.54) is 0 Å². The Morgan fingerprint density at radius 3 is 2.24 bits per heavy atom. The van der Waals surface area contributed by atoms with Crippen molar-refractivity contribution in [2.75, 3.05) is 0 Å². The summed E-state index contributed by atoms with van der Waals surface area (Å²) in [4.78, 5) is 4.24. The molecule has 88 valence electrons. The summed E-state index contributed by atoms with van der Waals surface area (Å²) in [6, 6.07) is 11.0. The zero-order valence-electron chi connectivity index (χ0n) is 10.4. The van der Waals surface area contributed by atoms with Crippen LogP contribution >= 0.6 is 0 Å². The third-order valence-electron chi connectivity index (χ3n) is 2.75. The molecule has 0 bridgehead atoms. The molecule has 0 amide bonds. The highest BCUT2D eigenvalue weighted by Crippen LogP contribution is 2.26. The lowest BCUT2D eigenvalue weighted by Crippen LogP contribution is -2.12. The maximum absolute atomic E-state index is 14.0. The van der Waals surface area contributed by atoms with Crippen molar-refractivity contribution in [2.24, 2.45) is 0 Å². The highest BCUT2D eigenvalue weighted by atomic mass is 19.1. The molecule has 0 N–H and O–H groups in total. The largest absolute Gasteiger partial charge is 0.253 e. The lowest BCUT2D eigenvalue weighted by Gasteiger charge is -2.19. The smallest absolute Gasteiger partial charge is 0.149 e. The molecule has 0 fully saturated rings.